The fraction of sp³-hybridized carbons (Fsp3) is 0.444. The first kappa shape index (κ1) is 14.7. The summed E-state index contributed by atoms with van der Waals surface area (Å²) in [4.78, 5) is 3.59. The number of alkyl halides is 3. The third-order valence-electron chi connectivity index (χ3n) is 2.00. The summed E-state index contributed by atoms with van der Waals surface area (Å²) in [5.41, 5.74) is 0. The maximum Gasteiger partial charge on any atom is 0.390 e. The summed E-state index contributed by atoms with van der Waals surface area (Å²) in [7, 11) is -2.34. The zero-order valence-electron chi connectivity index (χ0n) is 9.45. The van der Waals surface area contributed by atoms with Gasteiger partial charge in [-0.05, 0) is 12.1 Å². The molecule has 0 spiro atoms. The Bertz CT molecular complexity index is 485. The molecule has 0 amide bonds. The van der Waals surface area contributed by atoms with Gasteiger partial charge in [0.25, 0.3) is 0 Å². The second-order valence-electron chi connectivity index (χ2n) is 3.39. The quantitative estimate of drug-likeness (QED) is 0.856. The Labute approximate surface area is 102 Å². The van der Waals surface area contributed by atoms with Crippen LogP contribution >= 0.6 is 0 Å². The van der Waals surface area contributed by atoms with Crippen LogP contribution in [0.4, 0.5) is 19.0 Å². The van der Waals surface area contributed by atoms with E-state index in [4.69, 9.17) is 0 Å². The highest BCUT2D eigenvalue weighted by Gasteiger charge is 2.27. The summed E-state index contributed by atoms with van der Waals surface area (Å²) in [5, 5.41) is 2.69. The first-order chi connectivity index (χ1) is 8.24. The summed E-state index contributed by atoms with van der Waals surface area (Å²) < 4.78 is 60.6. The lowest BCUT2D eigenvalue weighted by atomic mass is 10.4. The number of nitrogens with one attached hydrogen (secondary N) is 2. The molecule has 0 fully saturated rings. The largest absolute Gasteiger partial charge is 0.390 e. The van der Waals surface area contributed by atoms with E-state index >= 15 is 0 Å². The van der Waals surface area contributed by atoms with Gasteiger partial charge in [-0.1, -0.05) is 0 Å². The highest BCUT2D eigenvalue weighted by molar-refractivity contribution is 7.89. The Morgan fingerprint density at radius 2 is 2.00 bits per heavy atom. The highest BCUT2D eigenvalue weighted by atomic mass is 32.2. The van der Waals surface area contributed by atoms with Gasteiger partial charge in [-0.2, -0.15) is 13.2 Å². The van der Waals surface area contributed by atoms with E-state index in [1.165, 1.54) is 12.1 Å². The second kappa shape index (κ2) is 5.53. The third-order valence-corrected chi connectivity index (χ3v) is 3.45. The van der Waals surface area contributed by atoms with Crippen LogP contribution in [0, 0.1) is 0 Å². The van der Waals surface area contributed by atoms with Crippen molar-refractivity contribution in [3.63, 3.8) is 0 Å². The number of nitrogens with zero attached hydrogens (tertiary/aromatic N) is 1. The SMILES string of the molecule is CNc1ccc(S(=O)(=O)NCCC(F)(F)F)cn1. The van der Waals surface area contributed by atoms with Crippen molar-refractivity contribution in [2.24, 2.45) is 0 Å². The zero-order chi connectivity index (χ0) is 13.8. The molecule has 0 saturated carbocycles. The Hall–Kier alpha value is -1.35. The molecule has 2 N–H and O–H groups in total. The lowest BCUT2D eigenvalue weighted by Gasteiger charge is -2.08. The van der Waals surface area contributed by atoms with Gasteiger partial charge in [0.05, 0.1) is 6.42 Å². The number of anilines is 1. The Kier molecular flexibility index (Phi) is 4.52. The lowest BCUT2D eigenvalue weighted by molar-refractivity contribution is -0.132. The molecule has 0 atom stereocenters. The zero-order valence-corrected chi connectivity index (χ0v) is 10.3. The van der Waals surface area contributed by atoms with Gasteiger partial charge in [0.1, 0.15) is 10.7 Å². The van der Waals surface area contributed by atoms with Crippen LogP contribution in [-0.2, 0) is 10.0 Å². The standard InChI is InChI=1S/C9H12F3N3O2S/c1-13-8-3-2-7(6-14-8)18(16,17)15-5-4-9(10,11)12/h2-3,6,15H,4-5H2,1H3,(H,13,14). The van der Waals surface area contributed by atoms with E-state index in [0.717, 1.165) is 6.20 Å². The molecule has 0 aliphatic rings. The van der Waals surface area contributed by atoms with Crippen molar-refractivity contribution >= 4 is 15.8 Å². The van der Waals surface area contributed by atoms with E-state index in [1.54, 1.807) is 7.05 Å². The normalized spacial score (nSPS) is 12.4. The average Bonchev–Trinajstić information content (AvgIpc) is 2.27. The van der Waals surface area contributed by atoms with E-state index in [2.05, 4.69) is 10.3 Å². The van der Waals surface area contributed by atoms with Crippen LogP contribution in [0.2, 0.25) is 0 Å². The van der Waals surface area contributed by atoms with Crippen LogP contribution in [0.5, 0.6) is 0 Å². The second-order valence-corrected chi connectivity index (χ2v) is 5.16. The predicted octanol–water partition coefficient (Wildman–Crippen LogP) is 1.35. The number of hydrogen-bond donors (Lipinski definition) is 2. The van der Waals surface area contributed by atoms with Crippen LogP contribution in [0.25, 0.3) is 0 Å². The van der Waals surface area contributed by atoms with Gasteiger partial charge < -0.3 is 5.32 Å². The van der Waals surface area contributed by atoms with Crippen molar-refractivity contribution in [1.29, 1.82) is 0 Å². The van der Waals surface area contributed by atoms with Crippen molar-refractivity contribution in [3.05, 3.63) is 18.3 Å². The minimum Gasteiger partial charge on any atom is -0.373 e. The molecule has 1 aromatic heterocycles. The molecule has 1 heterocycles. The van der Waals surface area contributed by atoms with Crippen LogP contribution in [0.3, 0.4) is 0 Å². The number of hydrogen-bond acceptors (Lipinski definition) is 4. The molecule has 1 aromatic rings. The van der Waals surface area contributed by atoms with Gasteiger partial charge in [0.15, 0.2) is 0 Å². The van der Waals surface area contributed by atoms with Crippen LogP contribution in [-0.4, -0.2) is 33.2 Å². The molecule has 0 aliphatic heterocycles. The number of rotatable bonds is 5. The molecule has 1 rings (SSSR count). The van der Waals surface area contributed by atoms with Gasteiger partial charge in [-0.25, -0.2) is 18.1 Å². The predicted molar refractivity (Wildman–Crippen MR) is 59.6 cm³/mol. The molecule has 102 valence electrons. The monoisotopic (exact) mass is 283 g/mol. The Morgan fingerprint density at radius 3 is 2.44 bits per heavy atom. The summed E-state index contributed by atoms with van der Waals surface area (Å²) in [6.07, 6.45) is -4.53. The maximum atomic E-state index is 11.9. The molecule has 0 bridgehead atoms. The van der Waals surface area contributed by atoms with Gasteiger partial charge >= 0.3 is 6.18 Å². The summed E-state index contributed by atoms with van der Waals surface area (Å²) in [5.74, 6) is 0.462. The number of halogens is 3. The molecule has 9 heteroatoms. The van der Waals surface area contributed by atoms with E-state index in [9.17, 15) is 21.6 Å². The Morgan fingerprint density at radius 1 is 1.33 bits per heavy atom. The Balaban J connectivity index is 2.68. The number of sulfonamides is 1. The first-order valence-electron chi connectivity index (χ1n) is 4.95. The smallest absolute Gasteiger partial charge is 0.373 e. The fourth-order valence-corrected chi connectivity index (χ4v) is 2.07. The molecule has 0 aliphatic carbocycles. The molecule has 0 unspecified atom stereocenters. The topological polar surface area (TPSA) is 71.1 Å². The average molecular weight is 283 g/mol. The minimum absolute atomic E-state index is 0.177. The van der Waals surface area contributed by atoms with Crippen molar-refractivity contribution in [3.8, 4) is 0 Å². The van der Waals surface area contributed by atoms with Crippen molar-refractivity contribution in [2.45, 2.75) is 17.5 Å². The van der Waals surface area contributed by atoms with Crippen molar-refractivity contribution in [2.75, 3.05) is 18.9 Å². The molecule has 0 saturated heterocycles. The summed E-state index contributed by atoms with van der Waals surface area (Å²) >= 11 is 0. The molecule has 5 nitrogen and oxygen atoms in total. The number of pyridine rings is 1. The summed E-state index contributed by atoms with van der Waals surface area (Å²) in [6, 6.07) is 2.67. The van der Waals surface area contributed by atoms with E-state index in [0.29, 0.717) is 5.82 Å². The van der Waals surface area contributed by atoms with Crippen molar-refractivity contribution < 1.29 is 21.6 Å². The van der Waals surface area contributed by atoms with E-state index in [-0.39, 0.29) is 4.90 Å². The summed E-state index contributed by atoms with van der Waals surface area (Å²) in [6.45, 7) is -0.695. The molecule has 18 heavy (non-hydrogen) atoms. The highest BCUT2D eigenvalue weighted by Crippen LogP contribution is 2.19. The molecule has 0 radical (unpaired) electrons. The molecular weight excluding hydrogens is 271 g/mol. The van der Waals surface area contributed by atoms with Crippen LogP contribution in [0.1, 0.15) is 6.42 Å². The first-order valence-corrected chi connectivity index (χ1v) is 6.43. The van der Waals surface area contributed by atoms with Gasteiger partial charge in [0, 0.05) is 19.8 Å². The van der Waals surface area contributed by atoms with Gasteiger partial charge in [-0.15, -0.1) is 0 Å². The molecule has 0 aromatic carbocycles. The molecular formula is C9H12F3N3O2S. The number of aromatic nitrogens is 1. The maximum absolute atomic E-state index is 11.9. The van der Waals surface area contributed by atoms with Crippen molar-refractivity contribution in [1.82, 2.24) is 9.71 Å². The third kappa shape index (κ3) is 4.49. The van der Waals surface area contributed by atoms with E-state index in [1.807, 2.05) is 4.72 Å². The van der Waals surface area contributed by atoms with Gasteiger partial charge in [-0.3, -0.25) is 0 Å². The van der Waals surface area contributed by atoms with Gasteiger partial charge in [0.2, 0.25) is 10.0 Å². The van der Waals surface area contributed by atoms with Crippen LogP contribution in [0.15, 0.2) is 23.2 Å². The lowest BCUT2D eigenvalue weighted by Crippen LogP contribution is -2.28. The minimum atomic E-state index is -4.39. The van der Waals surface area contributed by atoms with E-state index < -0.39 is 29.2 Å². The van der Waals surface area contributed by atoms with Crippen LogP contribution < -0.4 is 10.0 Å². The fourth-order valence-electron chi connectivity index (χ4n) is 1.10.